The third-order valence-corrected chi connectivity index (χ3v) is 3.81. The van der Waals surface area contributed by atoms with Gasteiger partial charge in [0.15, 0.2) is 0 Å². The molecule has 2 fully saturated rings. The zero-order valence-corrected chi connectivity index (χ0v) is 9.15. The minimum absolute atomic E-state index is 0.0145. The molecule has 0 aromatic carbocycles. The van der Waals surface area contributed by atoms with E-state index in [0.29, 0.717) is 5.92 Å². The first-order valence-electron chi connectivity index (χ1n) is 6.13. The lowest BCUT2D eigenvalue weighted by Gasteiger charge is -2.31. The van der Waals surface area contributed by atoms with Crippen LogP contribution in [0.3, 0.4) is 0 Å². The van der Waals surface area contributed by atoms with Gasteiger partial charge in [-0.25, -0.2) is 0 Å². The molecule has 0 radical (unpaired) electrons. The lowest BCUT2D eigenvalue weighted by atomic mass is 9.83. The van der Waals surface area contributed by atoms with Crippen LogP contribution < -0.4 is 0 Å². The summed E-state index contributed by atoms with van der Waals surface area (Å²) in [5.74, 6) is -0.521. The monoisotopic (exact) mass is 212 g/mol. The topological polar surface area (TPSA) is 46.5 Å². The lowest BCUT2D eigenvalue weighted by molar-refractivity contribution is -0.152. The SMILES string of the molecule is O=C(O)C(C1CCCC1)C1CCCCO1. The molecule has 1 aliphatic carbocycles. The van der Waals surface area contributed by atoms with Crippen LogP contribution in [-0.4, -0.2) is 23.8 Å². The summed E-state index contributed by atoms with van der Waals surface area (Å²) in [6, 6.07) is 0. The molecular formula is C12H20O3. The molecule has 86 valence electrons. The average molecular weight is 212 g/mol. The first-order chi connectivity index (χ1) is 7.29. The minimum Gasteiger partial charge on any atom is -0.481 e. The summed E-state index contributed by atoms with van der Waals surface area (Å²) in [6.07, 6.45) is 7.69. The lowest BCUT2D eigenvalue weighted by Crippen LogP contribution is -2.37. The first-order valence-corrected chi connectivity index (χ1v) is 6.13. The molecule has 0 spiro atoms. The van der Waals surface area contributed by atoms with Crippen molar-refractivity contribution in [3.05, 3.63) is 0 Å². The van der Waals surface area contributed by atoms with Gasteiger partial charge in [-0.2, -0.15) is 0 Å². The van der Waals surface area contributed by atoms with Crippen LogP contribution >= 0.6 is 0 Å². The van der Waals surface area contributed by atoms with Crippen molar-refractivity contribution in [2.45, 2.75) is 51.0 Å². The summed E-state index contributed by atoms with van der Waals surface area (Å²) in [6.45, 7) is 0.751. The summed E-state index contributed by atoms with van der Waals surface area (Å²) < 4.78 is 5.63. The predicted molar refractivity (Wildman–Crippen MR) is 56.7 cm³/mol. The number of carbonyl (C=O) groups is 1. The van der Waals surface area contributed by atoms with E-state index in [1.165, 1.54) is 12.8 Å². The van der Waals surface area contributed by atoms with E-state index in [1.54, 1.807) is 0 Å². The molecule has 2 unspecified atom stereocenters. The second-order valence-corrected chi connectivity index (χ2v) is 4.81. The van der Waals surface area contributed by atoms with E-state index in [1.807, 2.05) is 0 Å². The highest BCUT2D eigenvalue weighted by atomic mass is 16.5. The van der Waals surface area contributed by atoms with Gasteiger partial charge in [-0.05, 0) is 38.0 Å². The fraction of sp³-hybridized carbons (Fsp3) is 0.917. The zero-order chi connectivity index (χ0) is 10.7. The molecule has 1 N–H and O–H groups in total. The predicted octanol–water partition coefficient (Wildman–Crippen LogP) is 2.45. The van der Waals surface area contributed by atoms with Gasteiger partial charge in [0.1, 0.15) is 0 Å². The third kappa shape index (κ3) is 2.51. The molecular weight excluding hydrogens is 192 g/mol. The highest BCUT2D eigenvalue weighted by molar-refractivity contribution is 5.71. The zero-order valence-electron chi connectivity index (χ0n) is 9.15. The van der Waals surface area contributed by atoms with Gasteiger partial charge in [-0.15, -0.1) is 0 Å². The molecule has 3 nitrogen and oxygen atoms in total. The van der Waals surface area contributed by atoms with Crippen LogP contribution in [-0.2, 0) is 9.53 Å². The number of rotatable bonds is 3. The normalized spacial score (nSPS) is 30.3. The largest absolute Gasteiger partial charge is 0.481 e. The molecule has 15 heavy (non-hydrogen) atoms. The Bertz CT molecular complexity index is 215. The Kier molecular flexibility index (Phi) is 3.62. The molecule has 2 rings (SSSR count). The number of carboxylic acid groups (broad SMARTS) is 1. The van der Waals surface area contributed by atoms with Crippen molar-refractivity contribution in [3.63, 3.8) is 0 Å². The van der Waals surface area contributed by atoms with Crippen LogP contribution in [0.15, 0.2) is 0 Å². The van der Waals surface area contributed by atoms with Crippen LogP contribution in [0.5, 0.6) is 0 Å². The van der Waals surface area contributed by atoms with Crippen molar-refractivity contribution in [2.75, 3.05) is 6.61 Å². The van der Waals surface area contributed by atoms with Crippen molar-refractivity contribution in [3.8, 4) is 0 Å². The number of carboxylic acids is 1. The van der Waals surface area contributed by atoms with Gasteiger partial charge in [0.25, 0.3) is 0 Å². The number of aliphatic carboxylic acids is 1. The molecule has 2 aliphatic rings. The molecule has 0 aromatic rings. The summed E-state index contributed by atoms with van der Waals surface area (Å²) in [5.41, 5.74) is 0. The molecule has 0 amide bonds. The summed E-state index contributed by atoms with van der Waals surface area (Å²) >= 11 is 0. The summed E-state index contributed by atoms with van der Waals surface area (Å²) in [7, 11) is 0. The van der Waals surface area contributed by atoms with E-state index in [9.17, 15) is 9.90 Å². The van der Waals surface area contributed by atoms with E-state index in [-0.39, 0.29) is 12.0 Å². The van der Waals surface area contributed by atoms with E-state index < -0.39 is 5.97 Å². The van der Waals surface area contributed by atoms with Crippen LogP contribution in [0.4, 0.5) is 0 Å². The maximum Gasteiger partial charge on any atom is 0.309 e. The number of hydrogen-bond donors (Lipinski definition) is 1. The second-order valence-electron chi connectivity index (χ2n) is 4.81. The van der Waals surface area contributed by atoms with Gasteiger partial charge in [0, 0.05) is 6.61 Å². The van der Waals surface area contributed by atoms with Crippen molar-refractivity contribution < 1.29 is 14.6 Å². The Morgan fingerprint density at radius 3 is 2.33 bits per heavy atom. The maximum absolute atomic E-state index is 11.3. The Morgan fingerprint density at radius 2 is 1.80 bits per heavy atom. The van der Waals surface area contributed by atoms with Gasteiger partial charge in [-0.1, -0.05) is 12.8 Å². The molecule has 1 saturated heterocycles. The minimum atomic E-state index is -0.645. The smallest absolute Gasteiger partial charge is 0.309 e. The van der Waals surface area contributed by atoms with Gasteiger partial charge in [0.2, 0.25) is 0 Å². The number of hydrogen-bond acceptors (Lipinski definition) is 2. The second kappa shape index (κ2) is 4.97. The Hall–Kier alpha value is -0.570. The van der Waals surface area contributed by atoms with Crippen molar-refractivity contribution in [2.24, 2.45) is 11.8 Å². The highest BCUT2D eigenvalue weighted by Gasteiger charge is 2.37. The van der Waals surface area contributed by atoms with E-state index in [0.717, 1.165) is 38.7 Å². The van der Waals surface area contributed by atoms with E-state index in [2.05, 4.69) is 0 Å². The molecule has 2 atom stereocenters. The van der Waals surface area contributed by atoms with E-state index in [4.69, 9.17) is 4.74 Å². The van der Waals surface area contributed by atoms with Crippen LogP contribution in [0.25, 0.3) is 0 Å². The Labute approximate surface area is 90.8 Å². The molecule has 0 bridgehead atoms. The molecule has 3 heteroatoms. The van der Waals surface area contributed by atoms with Gasteiger partial charge in [0.05, 0.1) is 12.0 Å². The quantitative estimate of drug-likeness (QED) is 0.781. The molecule has 1 saturated carbocycles. The van der Waals surface area contributed by atoms with Crippen LogP contribution in [0.2, 0.25) is 0 Å². The maximum atomic E-state index is 11.3. The van der Waals surface area contributed by atoms with Crippen LogP contribution in [0, 0.1) is 11.8 Å². The Balaban J connectivity index is 2.00. The van der Waals surface area contributed by atoms with Crippen molar-refractivity contribution in [1.82, 2.24) is 0 Å². The summed E-state index contributed by atoms with van der Waals surface area (Å²) in [4.78, 5) is 11.3. The molecule has 0 aromatic heterocycles. The fourth-order valence-electron chi connectivity index (χ4n) is 3.03. The van der Waals surface area contributed by atoms with E-state index >= 15 is 0 Å². The molecule has 1 heterocycles. The molecule has 1 aliphatic heterocycles. The Morgan fingerprint density at radius 1 is 1.13 bits per heavy atom. The third-order valence-electron chi connectivity index (χ3n) is 3.81. The highest BCUT2D eigenvalue weighted by Crippen LogP contribution is 2.36. The van der Waals surface area contributed by atoms with Gasteiger partial charge in [-0.3, -0.25) is 4.79 Å². The van der Waals surface area contributed by atoms with Gasteiger partial charge >= 0.3 is 5.97 Å². The van der Waals surface area contributed by atoms with Gasteiger partial charge < -0.3 is 9.84 Å². The summed E-state index contributed by atoms with van der Waals surface area (Å²) in [5, 5.41) is 9.31. The van der Waals surface area contributed by atoms with Crippen molar-refractivity contribution >= 4 is 5.97 Å². The van der Waals surface area contributed by atoms with Crippen LogP contribution in [0.1, 0.15) is 44.9 Å². The average Bonchev–Trinajstić information content (AvgIpc) is 2.72. The number of ether oxygens (including phenoxy) is 1. The fourth-order valence-corrected chi connectivity index (χ4v) is 3.03. The van der Waals surface area contributed by atoms with Crippen molar-refractivity contribution in [1.29, 1.82) is 0 Å². The standard InChI is InChI=1S/C12H20O3/c13-12(14)11(9-5-1-2-6-9)10-7-3-4-8-15-10/h9-11H,1-8H2,(H,13,14). The first kappa shape index (κ1) is 10.9.